The second kappa shape index (κ2) is 8.61. The highest BCUT2D eigenvalue weighted by Crippen LogP contribution is 2.21. The number of anilines is 1. The molecule has 1 amide bonds. The number of piperidine rings is 2. The largest absolute Gasteiger partial charge is 0.354 e. The van der Waals surface area contributed by atoms with Gasteiger partial charge < -0.3 is 10.2 Å². The first-order valence-corrected chi connectivity index (χ1v) is 9.67. The summed E-state index contributed by atoms with van der Waals surface area (Å²) in [6.07, 6.45) is 7.84. The summed E-state index contributed by atoms with van der Waals surface area (Å²) in [5.74, 6) is 1.95. The Labute approximate surface area is 151 Å². The van der Waals surface area contributed by atoms with Gasteiger partial charge in [0.05, 0.1) is 0 Å². The molecule has 6 heteroatoms. The summed E-state index contributed by atoms with van der Waals surface area (Å²) in [6.45, 7) is 9.34. The van der Waals surface area contributed by atoms with Crippen LogP contribution in [0.5, 0.6) is 0 Å². The quantitative estimate of drug-likeness (QED) is 0.883. The molecule has 2 aliphatic rings. The molecule has 2 aliphatic heterocycles. The number of rotatable bonds is 5. The van der Waals surface area contributed by atoms with Crippen molar-refractivity contribution in [3.63, 3.8) is 0 Å². The summed E-state index contributed by atoms with van der Waals surface area (Å²) in [7, 11) is 0. The lowest BCUT2D eigenvalue weighted by atomic mass is 9.95. The Morgan fingerprint density at radius 3 is 2.44 bits per heavy atom. The van der Waals surface area contributed by atoms with Gasteiger partial charge >= 0.3 is 0 Å². The van der Waals surface area contributed by atoms with E-state index in [-0.39, 0.29) is 11.8 Å². The van der Waals surface area contributed by atoms with E-state index < -0.39 is 0 Å². The molecule has 0 saturated carbocycles. The van der Waals surface area contributed by atoms with Crippen LogP contribution in [0.2, 0.25) is 0 Å². The van der Waals surface area contributed by atoms with Gasteiger partial charge in [0.25, 0.3) is 0 Å². The molecule has 2 saturated heterocycles. The number of hydrogen-bond acceptors (Lipinski definition) is 5. The minimum absolute atomic E-state index is 0.119. The zero-order chi connectivity index (χ0) is 17.6. The number of carbonyl (C=O) groups is 1. The Balaban J connectivity index is 1.39. The van der Waals surface area contributed by atoms with Crippen molar-refractivity contribution in [1.29, 1.82) is 0 Å². The van der Waals surface area contributed by atoms with Gasteiger partial charge in [0.1, 0.15) is 0 Å². The number of nitrogens with zero attached hydrogens (tertiary/aromatic N) is 4. The van der Waals surface area contributed by atoms with Crippen LogP contribution >= 0.6 is 0 Å². The number of hydrogen-bond donors (Lipinski definition) is 1. The molecule has 0 aromatic carbocycles. The van der Waals surface area contributed by atoms with Crippen LogP contribution in [-0.4, -0.2) is 59.5 Å². The maximum absolute atomic E-state index is 12.5. The lowest BCUT2D eigenvalue weighted by Gasteiger charge is -2.35. The van der Waals surface area contributed by atoms with E-state index in [1.54, 1.807) is 12.4 Å². The predicted octanol–water partition coefficient (Wildman–Crippen LogP) is 1.93. The Morgan fingerprint density at radius 1 is 1.16 bits per heavy atom. The van der Waals surface area contributed by atoms with Gasteiger partial charge in [-0.2, -0.15) is 0 Å². The first kappa shape index (κ1) is 18.1. The third kappa shape index (κ3) is 4.91. The lowest BCUT2D eigenvalue weighted by molar-refractivity contribution is -0.125. The summed E-state index contributed by atoms with van der Waals surface area (Å²) in [6, 6.07) is 2.25. The van der Waals surface area contributed by atoms with Gasteiger partial charge in [0.2, 0.25) is 11.9 Å². The minimum Gasteiger partial charge on any atom is -0.354 e. The molecular formula is C19H31N5O. The van der Waals surface area contributed by atoms with Gasteiger partial charge in [-0.1, -0.05) is 6.92 Å². The molecule has 3 heterocycles. The SMILES string of the molecule is CC1CCN([C@@H](C)CNC(=O)C2CCN(c3ncccn3)CC2)CC1. The normalized spacial score (nSPS) is 21.9. The van der Waals surface area contributed by atoms with Crippen LogP contribution in [0.25, 0.3) is 0 Å². The fourth-order valence-corrected chi connectivity index (χ4v) is 3.79. The fourth-order valence-electron chi connectivity index (χ4n) is 3.79. The van der Waals surface area contributed by atoms with Crippen LogP contribution in [0.1, 0.15) is 39.5 Å². The van der Waals surface area contributed by atoms with Gasteiger partial charge in [0, 0.05) is 44.0 Å². The minimum atomic E-state index is 0.119. The molecule has 0 unspecified atom stereocenters. The summed E-state index contributed by atoms with van der Waals surface area (Å²) < 4.78 is 0. The number of likely N-dealkylation sites (tertiary alicyclic amines) is 1. The second-order valence-corrected chi connectivity index (χ2v) is 7.62. The van der Waals surface area contributed by atoms with E-state index in [0.717, 1.165) is 57.4 Å². The Bertz CT molecular complexity index is 536. The Morgan fingerprint density at radius 2 is 1.80 bits per heavy atom. The molecule has 0 radical (unpaired) electrons. The maximum Gasteiger partial charge on any atom is 0.225 e. The highest BCUT2D eigenvalue weighted by atomic mass is 16.1. The summed E-state index contributed by atoms with van der Waals surface area (Å²) in [5.41, 5.74) is 0. The van der Waals surface area contributed by atoms with Crippen LogP contribution < -0.4 is 10.2 Å². The maximum atomic E-state index is 12.5. The average Bonchev–Trinajstić information content (AvgIpc) is 2.67. The van der Waals surface area contributed by atoms with Crippen molar-refractivity contribution < 1.29 is 4.79 Å². The fraction of sp³-hybridized carbons (Fsp3) is 0.737. The topological polar surface area (TPSA) is 61.4 Å². The molecule has 1 N–H and O–H groups in total. The number of amides is 1. The Kier molecular flexibility index (Phi) is 6.24. The van der Waals surface area contributed by atoms with Crippen LogP contribution in [-0.2, 0) is 4.79 Å². The van der Waals surface area contributed by atoms with Gasteiger partial charge in [-0.05, 0) is 57.7 Å². The zero-order valence-corrected chi connectivity index (χ0v) is 15.5. The van der Waals surface area contributed by atoms with E-state index in [9.17, 15) is 4.79 Å². The third-order valence-corrected chi connectivity index (χ3v) is 5.71. The molecule has 1 aromatic rings. The van der Waals surface area contributed by atoms with Gasteiger partial charge in [-0.25, -0.2) is 9.97 Å². The van der Waals surface area contributed by atoms with E-state index >= 15 is 0 Å². The van der Waals surface area contributed by atoms with Gasteiger partial charge in [-0.15, -0.1) is 0 Å². The molecule has 1 atom stereocenters. The molecule has 0 bridgehead atoms. The van der Waals surface area contributed by atoms with Crippen molar-refractivity contribution in [1.82, 2.24) is 20.2 Å². The highest BCUT2D eigenvalue weighted by Gasteiger charge is 2.27. The van der Waals surface area contributed by atoms with Gasteiger partial charge in [-0.3, -0.25) is 9.69 Å². The van der Waals surface area contributed by atoms with Crippen molar-refractivity contribution in [3.8, 4) is 0 Å². The molecule has 0 aliphatic carbocycles. The van der Waals surface area contributed by atoms with Crippen LogP contribution in [0.15, 0.2) is 18.5 Å². The van der Waals surface area contributed by atoms with Crippen molar-refractivity contribution in [3.05, 3.63) is 18.5 Å². The Hall–Kier alpha value is -1.69. The van der Waals surface area contributed by atoms with Crippen molar-refractivity contribution in [2.75, 3.05) is 37.6 Å². The van der Waals surface area contributed by atoms with Gasteiger partial charge in [0.15, 0.2) is 0 Å². The molecule has 3 rings (SSSR count). The lowest BCUT2D eigenvalue weighted by Crippen LogP contribution is -2.47. The highest BCUT2D eigenvalue weighted by molar-refractivity contribution is 5.79. The second-order valence-electron chi connectivity index (χ2n) is 7.62. The summed E-state index contributed by atoms with van der Waals surface area (Å²) in [4.78, 5) is 25.8. The van der Waals surface area contributed by atoms with Crippen molar-refractivity contribution >= 4 is 11.9 Å². The van der Waals surface area contributed by atoms with Crippen molar-refractivity contribution in [2.45, 2.75) is 45.6 Å². The van der Waals surface area contributed by atoms with E-state index in [4.69, 9.17) is 0 Å². The van der Waals surface area contributed by atoms with Crippen LogP contribution in [0, 0.1) is 11.8 Å². The van der Waals surface area contributed by atoms with E-state index in [1.165, 1.54) is 12.8 Å². The molecule has 1 aromatic heterocycles. The molecular weight excluding hydrogens is 314 g/mol. The smallest absolute Gasteiger partial charge is 0.225 e. The molecule has 6 nitrogen and oxygen atoms in total. The van der Waals surface area contributed by atoms with E-state index in [2.05, 4.69) is 38.9 Å². The van der Waals surface area contributed by atoms with E-state index in [1.807, 2.05) is 6.07 Å². The van der Waals surface area contributed by atoms with Crippen molar-refractivity contribution in [2.24, 2.45) is 11.8 Å². The summed E-state index contributed by atoms with van der Waals surface area (Å²) >= 11 is 0. The van der Waals surface area contributed by atoms with Crippen LogP contribution in [0.4, 0.5) is 5.95 Å². The standard InChI is InChI=1S/C19H31N5O/c1-15-4-10-23(11-5-15)16(2)14-22-18(25)17-6-12-24(13-7-17)19-20-8-3-9-21-19/h3,8-9,15-17H,4-7,10-14H2,1-2H3,(H,22,25)/t16-/m0/s1. The number of carbonyl (C=O) groups excluding carboxylic acids is 1. The molecule has 2 fully saturated rings. The average molecular weight is 345 g/mol. The molecule has 25 heavy (non-hydrogen) atoms. The third-order valence-electron chi connectivity index (χ3n) is 5.71. The first-order chi connectivity index (χ1) is 12.1. The monoisotopic (exact) mass is 345 g/mol. The van der Waals surface area contributed by atoms with Crippen LogP contribution in [0.3, 0.4) is 0 Å². The number of nitrogens with one attached hydrogen (secondary N) is 1. The first-order valence-electron chi connectivity index (χ1n) is 9.67. The molecule has 138 valence electrons. The zero-order valence-electron chi connectivity index (χ0n) is 15.5. The molecule has 0 spiro atoms. The number of aromatic nitrogens is 2. The van der Waals surface area contributed by atoms with E-state index in [0.29, 0.717) is 6.04 Å². The summed E-state index contributed by atoms with van der Waals surface area (Å²) in [5, 5.41) is 3.18. The predicted molar refractivity (Wildman–Crippen MR) is 99.4 cm³/mol.